The van der Waals surface area contributed by atoms with Crippen LogP contribution < -0.4 is 14.5 Å². The summed E-state index contributed by atoms with van der Waals surface area (Å²) in [4.78, 5) is 27.8. The zero-order valence-electron chi connectivity index (χ0n) is 31.8. The van der Waals surface area contributed by atoms with Crippen molar-refractivity contribution in [1.29, 1.82) is 0 Å². The number of para-hydroxylation sites is 3. The molecule has 0 fully saturated rings. The maximum Gasteiger partial charge on any atom is 0.161 e. The van der Waals surface area contributed by atoms with Crippen molar-refractivity contribution < 1.29 is 4.74 Å². The van der Waals surface area contributed by atoms with Crippen LogP contribution >= 0.6 is 0 Å². The molecule has 0 unspecified atom stereocenters. The van der Waals surface area contributed by atoms with Gasteiger partial charge in [0.2, 0.25) is 0 Å². The van der Waals surface area contributed by atoms with Gasteiger partial charge in [-0.05, 0) is 89.8 Å². The molecule has 10 rings (SSSR count). The van der Waals surface area contributed by atoms with Crippen LogP contribution in [0.3, 0.4) is 0 Å². The largest absolute Gasteiger partial charge is 0.457 e. The Hall–Kier alpha value is -7.39. The number of hydrogen-bond donors (Lipinski definition) is 0. The molecule has 5 heterocycles. The fourth-order valence-electron chi connectivity index (χ4n) is 7.73. The summed E-state index contributed by atoms with van der Waals surface area (Å²) in [6, 6.07) is 45.7. The first-order valence-corrected chi connectivity index (χ1v) is 19.0. The highest BCUT2D eigenvalue weighted by Gasteiger charge is 2.30. The third kappa shape index (κ3) is 6.19. The maximum absolute atomic E-state index is 6.69. The van der Waals surface area contributed by atoms with Crippen molar-refractivity contribution >= 4 is 44.6 Å². The molecule has 9 heteroatoms. The number of rotatable bonds is 7. The Labute approximate surface area is 330 Å². The molecule has 5 aromatic carbocycles. The summed E-state index contributed by atoms with van der Waals surface area (Å²) >= 11 is 0. The minimum atomic E-state index is -0.0115. The van der Waals surface area contributed by atoms with E-state index in [0.29, 0.717) is 18.3 Å². The number of fused-ring (bicyclic) bond motifs is 4. The van der Waals surface area contributed by atoms with Gasteiger partial charge >= 0.3 is 0 Å². The van der Waals surface area contributed by atoms with Crippen LogP contribution in [0.2, 0.25) is 0 Å². The fourth-order valence-corrected chi connectivity index (χ4v) is 7.73. The lowest BCUT2D eigenvalue weighted by Gasteiger charge is -2.24. The van der Waals surface area contributed by atoms with Gasteiger partial charge in [-0.2, -0.15) is 0 Å². The normalized spacial score (nSPS) is 12.7. The summed E-state index contributed by atoms with van der Waals surface area (Å²) in [5, 5.41) is 2.32. The molecule has 4 aromatic heterocycles. The molecular weight excluding hydrogens is 705 g/mol. The van der Waals surface area contributed by atoms with E-state index in [2.05, 4.69) is 152 Å². The lowest BCUT2D eigenvalue weighted by Crippen LogP contribution is -2.24. The molecule has 0 saturated carbocycles. The molecule has 0 saturated heterocycles. The summed E-state index contributed by atoms with van der Waals surface area (Å²) < 4.78 is 8.93. The predicted octanol–water partition coefficient (Wildman–Crippen LogP) is 11.4. The number of pyridine rings is 1. The number of ether oxygens (including phenoxy) is 1. The Bertz CT molecular complexity index is 2920. The van der Waals surface area contributed by atoms with E-state index >= 15 is 0 Å². The second-order valence-corrected chi connectivity index (χ2v) is 15.1. The first kappa shape index (κ1) is 34.1. The zero-order valence-corrected chi connectivity index (χ0v) is 31.8. The molecule has 0 N–H and O–H groups in total. The van der Waals surface area contributed by atoms with Crippen LogP contribution in [0.15, 0.2) is 164 Å². The van der Waals surface area contributed by atoms with Crippen LogP contribution in [0, 0.1) is 0 Å². The lowest BCUT2D eigenvalue weighted by molar-refractivity contribution is 0.483. The molecule has 9 aromatic rings. The van der Waals surface area contributed by atoms with E-state index in [-0.39, 0.29) is 5.41 Å². The number of nitrogens with zero attached hydrogens (tertiary/aromatic N) is 8. The lowest BCUT2D eigenvalue weighted by atomic mass is 9.88. The van der Waals surface area contributed by atoms with Gasteiger partial charge < -0.3 is 14.5 Å². The van der Waals surface area contributed by atoms with Gasteiger partial charge in [0.25, 0.3) is 0 Å². The van der Waals surface area contributed by atoms with Gasteiger partial charge in [0, 0.05) is 70.7 Å². The van der Waals surface area contributed by atoms with Gasteiger partial charge in [0.05, 0.1) is 28.1 Å². The van der Waals surface area contributed by atoms with E-state index in [1.165, 1.54) is 10.9 Å². The highest BCUT2D eigenvalue weighted by atomic mass is 16.5. The maximum atomic E-state index is 6.69. The van der Waals surface area contributed by atoms with Gasteiger partial charge in [-0.1, -0.05) is 63.2 Å². The first-order valence-electron chi connectivity index (χ1n) is 19.0. The molecule has 57 heavy (non-hydrogen) atoms. The molecule has 0 atom stereocenters. The fraction of sp³-hybridized carbons (Fsp3) is 0.104. The van der Waals surface area contributed by atoms with Gasteiger partial charge in [0.15, 0.2) is 11.6 Å². The quantitative estimate of drug-likeness (QED) is 0.160. The average Bonchev–Trinajstić information content (AvgIpc) is 3.80. The minimum absolute atomic E-state index is 0.0115. The van der Waals surface area contributed by atoms with Crippen molar-refractivity contribution in [2.75, 3.05) is 16.5 Å². The van der Waals surface area contributed by atoms with Crippen LogP contribution in [0.25, 0.3) is 50.4 Å². The smallest absolute Gasteiger partial charge is 0.161 e. The Balaban J connectivity index is 1.02. The number of benzene rings is 5. The molecule has 1 aliphatic rings. The van der Waals surface area contributed by atoms with Crippen LogP contribution in [0.4, 0.5) is 22.7 Å². The van der Waals surface area contributed by atoms with Crippen molar-refractivity contribution in [3.63, 3.8) is 0 Å². The molecular formula is C48H38N8O. The first-order chi connectivity index (χ1) is 27.9. The van der Waals surface area contributed by atoms with E-state index in [0.717, 1.165) is 67.6 Å². The molecule has 0 spiro atoms. The van der Waals surface area contributed by atoms with Gasteiger partial charge in [-0.25, -0.2) is 24.9 Å². The molecule has 0 radical (unpaired) electrons. The van der Waals surface area contributed by atoms with Crippen LogP contribution in [-0.4, -0.2) is 36.2 Å². The van der Waals surface area contributed by atoms with Crippen molar-refractivity contribution in [2.24, 2.45) is 0 Å². The summed E-state index contributed by atoms with van der Waals surface area (Å²) in [7, 11) is 0. The summed E-state index contributed by atoms with van der Waals surface area (Å²) in [6.07, 6.45) is 8.98. The van der Waals surface area contributed by atoms with Crippen molar-refractivity contribution in [3.8, 4) is 40.1 Å². The van der Waals surface area contributed by atoms with Crippen LogP contribution in [0.5, 0.6) is 11.5 Å². The Kier molecular flexibility index (Phi) is 8.22. The van der Waals surface area contributed by atoms with E-state index in [1.807, 2.05) is 42.6 Å². The molecule has 1 aliphatic heterocycles. The third-order valence-corrected chi connectivity index (χ3v) is 10.5. The Morgan fingerprint density at radius 3 is 2.00 bits per heavy atom. The Morgan fingerprint density at radius 2 is 1.21 bits per heavy atom. The summed E-state index contributed by atoms with van der Waals surface area (Å²) in [5.74, 6) is 3.66. The number of anilines is 4. The second kappa shape index (κ2) is 13.7. The van der Waals surface area contributed by atoms with Crippen LogP contribution in [0.1, 0.15) is 26.3 Å². The summed E-state index contributed by atoms with van der Waals surface area (Å²) in [5.41, 5.74) is 9.28. The zero-order chi connectivity index (χ0) is 38.5. The van der Waals surface area contributed by atoms with E-state index in [9.17, 15) is 0 Å². The second-order valence-electron chi connectivity index (χ2n) is 15.1. The predicted molar refractivity (Wildman–Crippen MR) is 228 cm³/mol. The molecule has 0 amide bonds. The molecule has 0 bridgehead atoms. The summed E-state index contributed by atoms with van der Waals surface area (Å²) in [6.45, 7) is 7.23. The molecule has 0 aliphatic carbocycles. The number of hydrogen-bond acceptors (Lipinski definition) is 8. The van der Waals surface area contributed by atoms with Gasteiger partial charge in [-0.15, -0.1) is 0 Å². The van der Waals surface area contributed by atoms with Gasteiger partial charge in [-0.3, -0.25) is 4.57 Å². The van der Waals surface area contributed by atoms with Crippen molar-refractivity contribution in [3.05, 3.63) is 170 Å². The SMILES string of the molecule is CC(C)(C)c1ccnc(-n2c3ccccc3c3ccc(Oc4cccc(N5CN(c6cc(-c7ncccn7)ccc6-c6ncccn6)c6ccccc65)c4)cc32)c1. The van der Waals surface area contributed by atoms with Crippen molar-refractivity contribution in [2.45, 2.75) is 26.2 Å². The van der Waals surface area contributed by atoms with E-state index in [4.69, 9.17) is 9.72 Å². The van der Waals surface area contributed by atoms with Crippen molar-refractivity contribution in [1.82, 2.24) is 29.5 Å². The minimum Gasteiger partial charge on any atom is -0.457 e. The highest BCUT2D eigenvalue weighted by molar-refractivity contribution is 6.09. The molecule has 276 valence electrons. The number of aromatic nitrogens is 6. The molecule has 9 nitrogen and oxygen atoms in total. The average molecular weight is 743 g/mol. The van der Waals surface area contributed by atoms with Gasteiger partial charge in [0.1, 0.15) is 24.0 Å². The Morgan fingerprint density at radius 1 is 0.509 bits per heavy atom. The van der Waals surface area contributed by atoms with E-state index in [1.54, 1.807) is 24.8 Å². The standard InChI is InChI=1S/C48H38N8O/c1-48(2,3)33-21-26-49-45(28-33)56-40-14-5-4-13-37(40)38-20-18-36(30-44(38)56)57-35-12-8-11-34(29-35)54-31-55(42-16-7-6-15-41(42)54)43-27-32(46-50-22-9-23-51-46)17-19-39(43)47-52-24-10-25-53-47/h4-30H,31H2,1-3H3. The highest BCUT2D eigenvalue weighted by Crippen LogP contribution is 2.47. The van der Waals surface area contributed by atoms with Crippen LogP contribution in [-0.2, 0) is 5.41 Å². The monoisotopic (exact) mass is 742 g/mol. The third-order valence-electron chi connectivity index (χ3n) is 10.5. The topological polar surface area (TPSA) is 85.1 Å². The van der Waals surface area contributed by atoms with E-state index < -0.39 is 0 Å².